The molecule has 2 unspecified atom stereocenters. The SMILES string of the molecule is CN(CC1CCC1)C1CCC(C)(C)C1N. The largest absolute Gasteiger partial charge is 0.326 e. The summed E-state index contributed by atoms with van der Waals surface area (Å²) in [4.78, 5) is 2.53. The molecule has 0 aromatic heterocycles. The van der Waals surface area contributed by atoms with E-state index in [0.29, 0.717) is 17.5 Å². The summed E-state index contributed by atoms with van der Waals surface area (Å²) in [6.45, 7) is 5.90. The molecule has 0 heterocycles. The Labute approximate surface area is 94.2 Å². The third-order valence-electron chi connectivity index (χ3n) is 4.74. The molecule has 0 radical (unpaired) electrons. The lowest BCUT2D eigenvalue weighted by Crippen LogP contribution is -2.49. The highest BCUT2D eigenvalue weighted by Crippen LogP contribution is 2.39. The van der Waals surface area contributed by atoms with Crippen LogP contribution < -0.4 is 5.73 Å². The second-order valence-corrected chi connectivity index (χ2v) is 6.36. The maximum atomic E-state index is 6.35. The summed E-state index contributed by atoms with van der Waals surface area (Å²) in [5, 5.41) is 0. The van der Waals surface area contributed by atoms with E-state index in [9.17, 15) is 0 Å². The molecule has 0 aromatic rings. The quantitative estimate of drug-likeness (QED) is 0.774. The molecule has 2 nitrogen and oxygen atoms in total. The molecule has 15 heavy (non-hydrogen) atoms. The Hall–Kier alpha value is -0.0800. The van der Waals surface area contributed by atoms with Gasteiger partial charge in [-0.1, -0.05) is 20.3 Å². The molecule has 88 valence electrons. The normalized spacial score (nSPS) is 35.8. The van der Waals surface area contributed by atoms with Gasteiger partial charge in [0.2, 0.25) is 0 Å². The molecule has 0 aromatic carbocycles. The molecule has 0 amide bonds. The molecule has 2 atom stereocenters. The van der Waals surface area contributed by atoms with E-state index in [1.165, 1.54) is 38.6 Å². The predicted molar refractivity (Wildman–Crippen MR) is 64.7 cm³/mol. The fourth-order valence-corrected chi connectivity index (χ4v) is 3.10. The van der Waals surface area contributed by atoms with Gasteiger partial charge in [-0.2, -0.15) is 0 Å². The topological polar surface area (TPSA) is 29.3 Å². The number of likely N-dealkylation sites (N-methyl/N-ethyl adjacent to an activating group) is 1. The first-order valence-corrected chi connectivity index (χ1v) is 6.46. The molecule has 0 saturated heterocycles. The van der Waals surface area contributed by atoms with Crippen LogP contribution in [0.3, 0.4) is 0 Å². The molecule has 2 aliphatic rings. The summed E-state index contributed by atoms with van der Waals surface area (Å²) in [6.07, 6.45) is 6.90. The lowest BCUT2D eigenvalue weighted by atomic mass is 9.84. The average molecular weight is 210 g/mol. The molecule has 2 saturated carbocycles. The lowest BCUT2D eigenvalue weighted by Gasteiger charge is -2.36. The van der Waals surface area contributed by atoms with E-state index in [1.807, 2.05) is 0 Å². The molecule has 2 heteroatoms. The Balaban J connectivity index is 1.87. The van der Waals surface area contributed by atoms with Gasteiger partial charge in [-0.25, -0.2) is 0 Å². The molecule has 2 fully saturated rings. The minimum Gasteiger partial charge on any atom is -0.326 e. The highest BCUT2D eigenvalue weighted by atomic mass is 15.2. The Morgan fingerprint density at radius 2 is 1.93 bits per heavy atom. The van der Waals surface area contributed by atoms with E-state index in [1.54, 1.807) is 0 Å². The molecular weight excluding hydrogens is 184 g/mol. The van der Waals surface area contributed by atoms with Crippen molar-refractivity contribution in [2.45, 2.75) is 58.0 Å². The first-order chi connectivity index (χ1) is 7.00. The standard InChI is InChI=1S/C13H26N2/c1-13(2)8-7-11(12(13)14)15(3)9-10-5-4-6-10/h10-12H,4-9,14H2,1-3H3. The van der Waals surface area contributed by atoms with Crippen molar-refractivity contribution in [1.29, 1.82) is 0 Å². The molecular formula is C13H26N2. The van der Waals surface area contributed by atoms with Gasteiger partial charge in [0.25, 0.3) is 0 Å². The van der Waals surface area contributed by atoms with Gasteiger partial charge in [-0.15, -0.1) is 0 Å². The van der Waals surface area contributed by atoms with Crippen molar-refractivity contribution in [2.75, 3.05) is 13.6 Å². The van der Waals surface area contributed by atoms with Crippen molar-refractivity contribution >= 4 is 0 Å². The van der Waals surface area contributed by atoms with Crippen LogP contribution in [-0.4, -0.2) is 30.6 Å². The zero-order valence-corrected chi connectivity index (χ0v) is 10.5. The van der Waals surface area contributed by atoms with E-state index in [4.69, 9.17) is 5.73 Å². The Morgan fingerprint density at radius 1 is 1.27 bits per heavy atom. The fourth-order valence-electron chi connectivity index (χ4n) is 3.10. The lowest BCUT2D eigenvalue weighted by molar-refractivity contribution is 0.142. The highest BCUT2D eigenvalue weighted by molar-refractivity contribution is 4.98. The maximum absolute atomic E-state index is 6.35. The number of nitrogens with two attached hydrogens (primary N) is 1. The van der Waals surface area contributed by atoms with Crippen molar-refractivity contribution in [3.05, 3.63) is 0 Å². The van der Waals surface area contributed by atoms with Gasteiger partial charge in [0.1, 0.15) is 0 Å². The summed E-state index contributed by atoms with van der Waals surface area (Å²) >= 11 is 0. The monoisotopic (exact) mass is 210 g/mol. The van der Waals surface area contributed by atoms with Gasteiger partial charge in [-0.05, 0) is 44.1 Å². The molecule has 2 aliphatic carbocycles. The van der Waals surface area contributed by atoms with Crippen LogP contribution in [0.5, 0.6) is 0 Å². The van der Waals surface area contributed by atoms with Crippen LogP contribution in [0.1, 0.15) is 46.0 Å². The first-order valence-electron chi connectivity index (χ1n) is 6.46. The summed E-state index contributed by atoms with van der Waals surface area (Å²) < 4.78 is 0. The van der Waals surface area contributed by atoms with Gasteiger partial charge >= 0.3 is 0 Å². The first kappa shape index (κ1) is 11.4. The number of hydrogen-bond donors (Lipinski definition) is 1. The Bertz CT molecular complexity index is 221. The van der Waals surface area contributed by atoms with E-state index in [2.05, 4.69) is 25.8 Å². The number of rotatable bonds is 3. The van der Waals surface area contributed by atoms with Crippen molar-refractivity contribution in [2.24, 2.45) is 17.1 Å². The van der Waals surface area contributed by atoms with Crippen LogP contribution in [0.15, 0.2) is 0 Å². The third-order valence-corrected chi connectivity index (χ3v) is 4.74. The molecule has 2 rings (SSSR count). The van der Waals surface area contributed by atoms with Crippen LogP contribution >= 0.6 is 0 Å². The molecule has 0 spiro atoms. The van der Waals surface area contributed by atoms with Gasteiger partial charge in [0.15, 0.2) is 0 Å². The predicted octanol–water partition coefficient (Wildman–Crippen LogP) is 2.23. The van der Waals surface area contributed by atoms with Crippen molar-refractivity contribution in [3.63, 3.8) is 0 Å². The second-order valence-electron chi connectivity index (χ2n) is 6.36. The average Bonchev–Trinajstić information content (AvgIpc) is 2.35. The van der Waals surface area contributed by atoms with E-state index in [0.717, 1.165) is 5.92 Å². The summed E-state index contributed by atoms with van der Waals surface area (Å²) in [6, 6.07) is 0.989. The minimum atomic E-state index is 0.346. The van der Waals surface area contributed by atoms with Crippen LogP contribution in [-0.2, 0) is 0 Å². The number of nitrogens with zero attached hydrogens (tertiary/aromatic N) is 1. The van der Waals surface area contributed by atoms with Crippen LogP contribution in [0, 0.1) is 11.3 Å². The molecule has 0 aliphatic heterocycles. The summed E-state index contributed by atoms with van der Waals surface area (Å²) in [5.74, 6) is 0.964. The van der Waals surface area contributed by atoms with Gasteiger partial charge in [0, 0.05) is 18.6 Å². The second kappa shape index (κ2) is 4.06. The van der Waals surface area contributed by atoms with E-state index < -0.39 is 0 Å². The number of hydrogen-bond acceptors (Lipinski definition) is 2. The fraction of sp³-hybridized carbons (Fsp3) is 1.00. The summed E-state index contributed by atoms with van der Waals surface area (Å²) in [5.41, 5.74) is 6.70. The summed E-state index contributed by atoms with van der Waals surface area (Å²) in [7, 11) is 2.27. The van der Waals surface area contributed by atoms with Crippen LogP contribution in [0.2, 0.25) is 0 Å². The van der Waals surface area contributed by atoms with Crippen LogP contribution in [0.4, 0.5) is 0 Å². The van der Waals surface area contributed by atoms with Crippen LogP contribution in [0.25, 0.3) is 0 Å². The minimum absolute atomic E-state index is 0.346. The zero-order valence-electron chi connectivity index (χ0n) is 10.5. The Morgan fingerprint density at radius 3 is 2.33 bits per heavy atom. The van der Waals surface area contributed by atoms with E-state index in [-0.39, 0.29) is 0 Å². The van der Waals surface area contributed by atoms with Gasteiger partial charge in [-0.3, -0.25) is 0 Å². The maximum Gasteiger partial charge on any atom is 0.0249 e. The van der Waals surface area contributed by atoms with Gasteiger partial charge in [0.05, 0.1) is 0 Å². The van der Waals surface area contributed by atoms with Crippen molar-refractivity contribution in [3.8, 4) is 0 Å². The molecule has 0 bridgehead atoms. The Kier molecular flexibility index (Phi) is 3.09. The zero-order chi connectivity index (χ0) is 11.1. The van der Waals surface area contributed by atoms with Crippen molar-refractivity contribution < 1.29 is 0 Å². The third kappa shape index (κ3) is 2.21. The van der Waals surface area contributed by atoms with Gasteiger partial charge < -0.3 is 10.6 Å². The highest BCUT2D eigenvalue weighted by Gasteiger charge is 2.41. The van der Waals surface area contributed by atoms with E-state index >= 15 is 0 Å². The van der Waals surface area contributed by atoms with Crippen molar-refractivity contribution in [1.82, 2.24) is 4.90 Å². The smallest absolute Gasteiger partial charge is 0.0249 e. The molecule has 2 N–H and O–H groups in total.